The number of rotatable bonds is 5. The van der Waals surface area contributed by atoms with E-state index in [1.807, 2.05) is 37.3 Å². The van der Waals surface area contributed by atoms with E-state index in [9.17, 15) is 4.79 Å². The van der Waals surface area contributed by atoms with Crippen molar-refractivity contribution in [1.82, 2.24) is 0 Å². The van der Waals surface area contributed by atoms with Crippen LogP contribution in [0.15, 0.2) is 72.8 Å². The molecular weight excluding hydrogens is 408 g/mol. The zero-order valence-electron chi connectivity index (χ0n) is 19.0. The average Bonchev–Trinajstić information content (AvgIpc) is 3.48. The summed E-state index contributed by atoms with van der Waals surface area (Å²) in [6.07, 6.45) is 3.97. The lowest BCUT2D eigenvalue weighted by Crippen LogP contribution is -2.35. The molecule has 1 amide bonds. The maximum absolute atomic E-state index is 13.1. The normalized spacial score (nSPS) is 26.8. The first-order valence-corrected chi connectivity index (χ1v) is 12.2. The topological polar surface area (TPSA) is 50.4 Å². The van der Waals surface area contributed by atoms with Gasteiger partial charge >= 0.3 is 0 Å². The predicted molar refractivity (Wildman–Crippen MR) is 132 cm³/mol. The van der Waals surface area contributed by atoms with Gasteiger partial charge in [-0.05, 0) is 103 Å². The van der Waals surface area contributed by atoms with Gasteiger partial charge in [0.05, 0.1) is 12.6 Å². The Morgan fingerprint density at radius 2 is 1.79 bits per heavy atom. The van der Waals surface area contributed by atoms with Gasteiger partial charge in [0.25, 0.3) is 5.91 Å². The number of carbonyl (C=O) groups excluding carboxylic acids is 1. The molecule has 2 bridgehead atoms. The van der Waals surface area contributed by atoms with E-state index in [4.69, 9.17) is 4.74 Å². The molecule has 2 fully saturated rings. The largest absolute Gasteiger partial charge is 0.494 e. The molecule has 5 atom stereocenters. The molecule has 3 aliphatic rings. The molecule has 2 saturated carbocycles. The van der Waals surface area contributed by atoms with Crippen molar-refractivity contribution in [3.63, 3.8) is 0 Å². The molecule has 0 saturated heterocycles. The smallest absolute Gasteiger partial charge is 0.255 e. The maximum atomic E-state index is 13.1. The standard InChI is InChI=1S/C29H30N2O2/c1-2-33-23-13-11-22(12-14-23)30-29(32)21-10-15-25-24(17-21)26-19-8-9-20(16-19)27(26)28(31-25)18-6-4-3-5-7-18/h3-7,10-15,17,19-20,26-28,31H,2,8-9,16H2,1H3,(H,30,32)/t19-,20-,26-,27-,28+/m0/s1. The Morgan fingerprint density at radius 1 is 1.00 bits per heavy atom. The van der Waals surface area contributed by atoms with Crippen molar-refractivity contribution >= 4 is 17.3 Å². The Hall–Kier alpha value is -3.27. The molecule has 2 N–H and O–H groups in total. The van der Waals surface area contributed by atoms with Crippen LogP contribution in [0.1, 0.15) is 59.6 Å². The minimum absolute atomic E-state index is 0.0631. The molecule has 33 heavy (non-hydrogen) atoms. The predicted octanol–water partition coefficient (Wildman–Crippen LogP) is 6.63. The number of amides is 1. The van der Waals surface area contributed by atoms with Crippen LogP contribution in [0.3, 0.4) is 0 Å². The van der Waals surface area contributed by atoms with Gasteiger partial charge in [-0.15, -0.1) is 0 Å². The van der Waals surface area contributed by atoms with Gasteiger partial charge in [0.2, 0.25) is 0 Å². The van der Waals surface area contributed by atoms with E-state index in [-0.39, 0.29) is 5.91 Å². The van der Waals surface area contributed by atoms with Crippen LogP contribution < -0.4 is 15.4 Å². The first-order chi connectivity index (χ1) is 16.2. The molecule has 4 heteroatoms. The molecular formula is C29H30N2O2. The SMILES string of the molecule is CCOc1ccc(NC(=O)c2ccc3c(c2)[C@@H]2[C@H]4CC[C@@H](C4)[C@@H]2[C@@H](c2ccccc2)N3)cc1. The summed E-state index contributed by atoms with van der Waals surface area (Å²) in [5.74, 6) is 3.38. The van der Waals surface area contributed by atoms with Gasteiger partial charge in [-0.3, -0.25) is 4.79 Å². The zero-order chi connectivity index (χ0) is 22.4. The average molecular weight is 439 g/mol. The lowest BCUT2D eigenvalue weighted by atomic mass is 9.68. The van der Waals surface area contributed by atoms with E-state index in [1.54, 1.807) is 0 Å². The first kappa shape index (κ1) is 20.3. The van der Waals surface area contributed by atoms with Crippen LogP contribution in [-0.4, -0.2) is 12.5 Å². The lowest BCUT2D eigenvalue weighted by molar-refractivity contribution is 0.102. The quantitative estimate of drug-likeness (QED) is 0.470. The Labute approximate surface area is 195 Å². The van der Waals surface area contributed by atoms with Gasteiger partial charge in [-0.1, -0.05) is 30.3 Å². The number of benzene rings is 3. The molecule has 168 valence electrons. The van der Waals surface area contributed by atoms with Crippen LogP contribution in [0.5, 0.6) is 5.75 Å². The molecule has 3 aromatic carbocycles. The minimum atomic E-state index is -0.0631. The van der Waals surface area contributed by atoms with Crippen LogP contribution >= 0.6 is 0 Å². The highest BCUT2D eigenvalue weighted by atomic mass is 16.5. The highest BCUT2D eigenvalue weighted by Gasteiger charge is 2.53. The molecule has 0 unspecified atom stereocenters. The highest BCUT2D eigenvalue weighted by Crippen LogP contribution is 2.63. The summed E-state index contributed by atoms with van der Waals surface area (Å²) in [6.45, 7) is 2.59. The summed E-state index contributed by atoms with van der Waals surface area (Å²) in [5.41, 5.74) is 5.40. The summed E-state index contributed by atoms with van der Waals surface area (Å²) >= 11 is 0. The van der Waals surface area contributed by atoms with E-state index in [0.717, 1.165) is 28.8 Å². The molecule has 3 aromatic rings. The zero-order valence-corrected chi connectivity index (χ0v) is 19.0. The van der Waals surface area contributed by atoms with Gasteiger partial charge in [0, 0.05) is 16.9 Å². The van der Waals surface area contributed by atoms with Crippen molar-refractivity contribution in [2.45, 2.75) is 38.1 Å². The van der Waals surface area contributed by atoms with Crippen molar-refractivity contribution in [3.8, 4) is 5.75 Å². The van der Waals surface area contributed by atoms with Crippen molar-refractivity contribution in [1.29, 1.82) is 0 Å². The second-order valence-electron chi connectivity index (χ2n) is 9.68. The monoisotopic (exact) mass is 438 g/mol. The molecule has 0 spiro atoms. The van der Waals surface area contributed by atoms with E-state index in [1.165, 1.54) is 36.1 Å². The number of anilines is 2. The minimum Gasteiger partial charge on any atom is -0.494 e. The van der Waals surface area contributed by atoms with Gasteiger partial charge in [0.1, 0.15) is 5.75 Å². The summed E-state index contributed by atoms with van der Waals surface area (Å²) in [7, 11) is 0. The van der Waals surface area contributed by atoms with E-state index in [2.05, 4.69) is 53.1 Å². The van der Waals surface area contributed by atoms with Crippen molar-refractivity contribution in [2.24, 2.45) is 17.8 Å². The molecule has 1 aliphatic heterocycles. The van der Waals surface area contributed by atoms with Gasteiger partial charge < -0.3 is 15.4 Å². The Balaban J connectivity index is 1.29. The molecule has 0 radical (unpaired) electrons. The van der Waals surface area contributed by atoms with Gasteiger partial charge in [-0.2, -0.15) is 0 Å². The second-order valence-corrected chi connectivity index (χ2v) is 9.68. The van der Waals surface area contributed by atoms with E-state index in [0.29, 0.717) is 24.5 Å². The number of carbonyl (C=O) groups is 1. The Morgan fingerprint density at radius 3 is 2.58 bits per heavy atom. The summed E-state index contributed by atoms with van der Waals surface area (Å²) in [6, 6.07) is 25.0. The Kier molecular flexibility index (Phi) is 5.09. The molecule has 0 aromatic heterocycles. The number of fused-ring (bicyclic) bond motifs is 7. The number of hydrogen-bond donors (Lipinski definition) is 2. The summed E-state index contributed by atoms with van der Waals surface area (Å²) in [4.78, 5) is 13.1. The number of ether oxygens (including phenoxy) is 1. The van der Waals surface area contributed by atoms with Crippen LogP contribution in [0.4, 0.5) is 11.4 Å². The van der Waals surface area contributed by atoms with Crippen molar-refractivity contribution < 1.29 is 9.53 Å². The fraction of sp³-hybridized carbons (Fsp3) is 0.345. The maximum Gasteiger partial charge on any atom is 0.255 e. The number of hydrogen-bond acceptors (Lipinski definition) is 3. The molecule has 2 aliphatic carbocycles. The van der Waals surface area contributed by atoms with Crippen molar-refractivity contribution in [3.05, 3.63) is 89.5 Å². The summed E-state index contributed by atoms with van der Waals surface area (Å²) in [5, 5.41) is 6.91. The van der Waals surface area contributed by atoms with Gasteiger partial charge in [0.15, 0.2) is 0 Å². The third-order valence-corrected chi connectivity index (χ3v) is 7.93. The number of nitrogens with one attached hydrogen (secondary N) is 2. The van der Waals surface area contributed by atoms with E-state index >= 15 is 0 Å². The molecule has 1 heterocycles. The second kappa shape index (κ2) is 8.26. The third-order valence-electron chi connectivity index (χ3n) is 7.93. The van der Waals surface area contributed by atoms with Crippen molar-refractivity contribution in [2.75, 3.05) is 17.2 Å². The Bertz CT molecular complexity index is 1160. The first-order valence-electron chi connectivity index (χ1n) is 12.2. The highest BCUT2D eigenvalue weighted by molar-refractivity contribution is 6.04. The fourth-order valence-electron chi connectivity index (χ4n) is 6.62. The lowest BCUT2D eigenvalue weighted by Gasteiger charge is -2.43. The summed E-state index contributed by atoms with van der Waals surface area (Å²) < 4.78 is 5.50. The molecule has 6 rings (SSSR count). The van der Waals surface area contributed by atoms with Crippen LogP contribution in [0, 0.1) is 17.8 Å². The van der Waals surface area contributed by atoms with Gasteiger partial charge in [-0.25, -0.2) is 0 Å². The fourth-order valence-corrected chi connectivity index (χ4v) is 6.62. The third kappa shape index (κ3) is 3.58. The van der Waals surface area contributed by atoms with Crippen LogP contribution in [-0.2, 0) is 0 Å². The molecule has 4 nitrogen and oxygen atoms in total. The van der Waals surface area contributed by atoms with Crippen LogP contribution in [0.2, 0.25) is 0 Å². The van der Waals surface area contributed by atoms with E-state index < -0.39 is 0 Å². The van der Waals surface area contributed by atoms with Crippen LogP contribution in [0.25, 0.3) is 0 Å².